The minimum Gasteiger partial charge on any atom is -0.330 e. The van der Waals surface area contributed by atoms with Crippen molar-refractivity contribution in [3.8, 4) is 11.3 Å². The summed E-state index contributed by atoms with van der Waals surface area (Å²) in [5.41, 5.74) is 8.00. The molecule has 2 aromatic rings. The van der Waals surface area contributed by atoms with Crippen molar-refractivity contribution in [2.75, 3.05) is 0 Å². The molecule has 1 aromatic heterocycles. The second-order valence-corrected chi connectivity index (χ2v) is 5.68. The van der Waals surface area contributed by atoms with E-state index in [1.165, 1.54) is 6.07 Å². The van der Waals surface area contributed by atoms with Crippen LogP contribution < -0.4 is 5.73 Å². The number of hydrogen-bond acceptors (Lipinski definition) is 2. The van der Waals surface area contributed by atoms with Crippen LogP contribution in [0.15, 0.2) is 22.7 Å². The van der Waals surface area contributed by atoms with Crippen molar-refractivity contribution in [2.24, 2.45) is 5.73 Å². The maximum absolute atomic E-state index is 14.0. The van der Waals surface area contributed by atoms with Gasteiger partial charge < -0.3 is 10.3 Å². The maximum Gasteiger partial charge on any atom is 0.132 e. The molecule has 3 nitrogen and oxygen atoms in total. The first-order valence-electron chi connectivity index (χ1n) is 6.44. The average molecular weight is 324 g/mol. The van der Waals surface area contributed by atoms with E-state index in [2.05, 4.69) is 25.5 Å². The molecule has 5 heteroatoms. The number of benzene rings is 1. The van der Waals surface area contributed by atoms with Gasteiger partial charge in [0.25, 0.3) is 0 Å². The molecule has 1 aliphatic rings. The number of nitrogens with zero attached hydrogens (tertiary/aromatic N) is 2. The van der Waals surface area contributed by atoms with Crippen LogP contribution in [0.5, 0.6) is 0 Å². The number of imidazole rings is 1. The Morgan fingerprint density at radius 2 is 2.21 bits per heavy atom. The summed E-state index contributed by atoms with van der Waals surface area (Å²) in [7, 11) is 0. The normalized spacial score (nSPS) is 14.5. The zero-order valence-corrected chi connectivity index (χ0v) is 12.1. The van der Waals surface area contributed by atoms with Gasteiger partial charge in [-0.25, -0.2) is 9.37 Å². The van der Waals surface area contributed by atoms with Crippen LogP contribution in [0.3, 0.4) is 0 Å². The van der Waals surface area contributed by atoms with E-state index >= 15 is 0 Å². The number of aryl methyl sites for hydroxylation is 1. The average Bonchev–Trinajstić information content (AvgIpc) is 2.79. The zero-order valence-electron chi connectivity index (χ0n) is 10.5. The standard InChI is InChI=1S/C14H15BrFN3/c15-9-4-5-11(16)10(7-9)14-12(8-17)19-6-2-1-3-13(19)18-14/h4-5,7H,1-3,6,8,17H2. The number of halogens is 2. The highest BCUT2D eigenvalue weighted by Crippen LogP contribution is 2.31. The fourth-order valence-electron chi connectivity index (χ4n) is 2.65. The second kappa shape index (κ2) is 5.06. The molecule has 0 bridgehead atoms. The van der Waals surface area contributed by atoms with Gasteiger partial charge >= 0.3 is 0 Å². The maximum atomic E-state index is 14.0. The molecule has 19 heavy (non-hydrogen) atoms. The molecule has 0 unspecified atom stereocenters. The number of fused-ring (bicyclic) bond motifs is 1. The van der Waals surface area contributed by atoms with Gasteiger partial charge in [-0.1, -0.05) is 15.9 Å². The minimum atomic E-state index is -0.256. The molecule has 3 rings (SSSR count). The van der Waals surface area contributed by atoms with Gasteiger partial charge in [-0.3, -0.25) is 0 Å². The first-order chi connectivity index (χ1) is 9.20. The third-order valence-electron chi connectivity index (χ3n) is 3.56. The smallest absolute Gasteiger partial charge is 0.132 e. The summed E-state index contributed by atoms with van der Waals surface area (Å²) in [6.45, 7) is 1.32. The predicted molar refractivity (Wildman–Crippen MR) is 76.2 cm³/mol. The van der Waals surface area contributed by atoms with Crippen LogP contribution in [0.2, 0.25) is 0 Å². The van der Waals surface area contributed by atoms with Crippen molar-refractivity contribution in [3.63, 3.8) is 0 Å². The quantitative estimate of drug-likeness (QED) is 0.922. The van der Waals surface area contributed by atoms with E-state index in [0.717, 1.165) is 41.8 Å². The first kappa shape index (κ1) is 12.8. The minimum absolute atomic E-state index is 0.256. The van der Waals surface area contributed by atoms with Gasteiger partial charge in [-0.2, -0.15) is 0 Å². The largest absolute Gasteiger partial charge is 0.330 e. The van der Waals surface area contributed by atoms with Crippen molar-refractivity contribution in [1.82, 2.24) is 9.55 Å². The van der Waals surface area contributed by atoms with Gasteiger partial charge in [0.15, 0.2) is 0 Å². The van der Waals surface area contributed by atoms with Crippen LogP contribution in [0.25, 0.3) is 11.3 Å². The van der Waals surface area contributed by atoms with Crippen molar-refractivity contribution in [2.45, 2.75) is 32.4 Å². The van der Waals surface area contributed by atoms with Crippen molar-refractivity contribution >= 4 is 15.9 Å². The van der Waals surface area contributed by atoms with Gasteiger partial charge in [-0.05, 0) is 31.0 Å². The number of rotatable bonds is 2. The summed E-state index contributed by atoms with van der Waals surface area (Å²) in [5, 5.41) is 0. The highest BCUT2D eigenvalue weighted by atomic mass is 79.9. The third kappa shape index (κ3) is 2.21. The Kier molecular flexibility index (Phi) is 3.41. The first-order valence-corrected chi connectivity index (χ1v) is 7.24. The Balaban J connectivity index is 2.19. The summed E-state index contributed by atoms with van der Waals surface area (Å²) in [6, 6.07) is 4.91. The fraction of sp³-hybridized carbons (Fsp3) is 0.357. The van der Waals surface area contributed by atoms with Gasteiger partial charge in [0.1, 0.15) is 11.6 Å². The summed E-state index contributed by atoms with van der Waals surface area (Å²) < 4.78 is 17.0. The zero-order chi connectivity index (χ0) is 13.4. The molecule has 0 saturated heterocycles. The fourth-order valence-corrected chi connectivity index (χ4v) is 3.01. The molecule has 2 N–H and O–H groups in total. The Labute approximate surface area is 119 Å². The molecule has 100 valence electrons. The summed E-state index contributed by atoms with van der Waals surface area (Å²) >= 11 is 3.38. The Morgan fingerprint density at radius 1 is 1.37 bits per heavy atom. The van der Waals surface area contributed by atoms with E-state index in [1.807, 2.05) is 0 Å². The summed E-state index contributed by atoms with van der Waals surface area (Å²) in [5.74, 6) is 0.773. The lowest BCUT2D eigenvalue weighted by atomic mass is 10.1. The number of hydrogen-bond donors (Lipinski definition) is 1. The van der Waals surface area contributed by atoms with E-state index < -0.39 is 0 Å². The molecule has 0 saturated carbocycles. The molecule has 0 amide bonds. The van der Waals surface area contributed by atoms with Crippen molar-refractivity contribution in [1.29, 1.82) is 0 Å². The van der Waals surface area contributed by atoms with Crippen LogP contribution >= 0.6 is 15.9 Å². The van der Waals surface area contributed by atoms with E-state index in [9.17, 15) is 4.39 Å². The second-order valence-electron chi connectivity index (χ2n) is 4.76. The lowest BCUT2D eigenvalue weighted by Gasteiger charge is -2.15. The van der Waals surface area contributed by atoms with Crippen LogP contribution in [-0.4, -0.2) is 9.55 Å². The molecule has 0 radical (unpaired) electrons. The molecular weight excluding hydrogens is 309 g/mol. The highest BCUT2D eigenvalue weighted by Gasteiger charge is 2.21. The van der Waals surface area contributed by atoms with Gasteiger partial charge in [0, 0.05) is 29.5 Å². The molecule has 0 spiro atoms. The van der Waals surface area contributed by atoms with Crippen LogP contribution in [-0.2, 0) is 19.5 Å². The van der Waals surface area contributed by atoms with E-state index in [4.69, 9.17) is 5.73 Å². The van der Waals surface area contributed by atoms with E-state index in [-0.39, 0.29) is 5.82 Å². The van der Waals surface area contributed by atoms with E-state index in [1.54, 1.807) is 12.1 Å². The molecule has 0 fully saturated rings. The van der Waals surface area contributed by atoms with Gasteiger partial charge in [0.2, 0.25) is 0 Å². The van der Waals surface area contributed by atoms with Crippen molar-refractivity contribution in [3.05, 3.63) is 40.0 Å². The van der Waals surface area contributed by atoms with Gasteiger partial charge in [-0.15, -0.1) is 0 Å². The number of nitrogens with two attached hydrogens (primary N) is 1. The Hall–Kier alpha value is -1.20. The molecule has 1 aromatic carbocycles. The van der Waals surface area contributed by atoms with Crippen LogP contribution in [0.4, 0.5) is 4.39 Å². The molecule has 1 aliphatic heterocycles. The van der Waals surface area contributed by atoms with Crippen LogP contribution in [0.1, 0.15) is 24.4 Å². The van der Waals surface area contributed by atoms with E-state index in [0.29, 0.717) is 17.8 Å². The van der Waals surface area contributed by atoms with Crippen molar-refractivity contribution < 1.29 is 4.39 Å². The topological polar surface area (TPSA) is 43.8 Å². The molecule has 0 atom stereocenters. The lowest BCUT2D eigenvalue weighted by Crippen LogP contribution is -2.15. The number of aromatic nitrogens is 2. The monoisotopic (exact) mass is 323 g/mol. The molecule has 0 aliphatic carbocycles. The Morgan fingerprint density at radius 3 is 3.00 bits per heavy atom. The predicted octanol–water partition coefficient (Wildman–Crippen LogP) is 3.25. The van der Waals surface area contributed by atoms with Gasteiger partial charge in [0.05, 0.1) is 11.4 Å². The summed E-state index contributed by atoms with van der Waals surface area (Å²) in [4.78, 5) is 4.62. The van der Waals surface area contributed by atoms with Crippen LogP contribution in [0, 0.1) is 5.82 Å². The summed E-state index contributed by atoms with van der Waals surface area (Å²) in [6.07, 6.45) is 3.22. The molecular formula is C14H15BrFN3. The SMILES string of the molecule is NCc1c(-c2cc(Br)ccc2F)nc2n1CCCC2. The molecule has 2 heterocycles. The third-order valence-corrected chi connectivity index (χ3v) is 4.05. The lowest BCUT2D eigenvalue weighted by molar-refractivity contribution is 0.508. The highest BCUT2D eigenvalue weighted by molar-refractivity contribution is 9.10. The Bertz CT molecular complexity index is 621.